The summed E-state index contributed by atoms with van der Waals surface area (Å²) < 4.78 is 16.9. The minimum absolute atomic E-state index is 0.101. The maximum Gasteiger partial charge on any atom is 0.306 e. The summed E-state index contributed by atoms with van der Waals surface area (Å²) in [6.45, 7) is 6.37. The first-order chi connectivity index (χ1) is 38.0. The van der Waals surface area contributed by atoms with Crippen LogP contribution in [-0.2, 0) is 28.6 Å². The number of rotatable bonds is 56. The average Bonchev–Trinajstić information content (AvgIpc) is 3.43. The van der Waals surface area contributed by atoms with Gasteiger partial charge in [-0.1, -0.05) is 257 Å². The van der Waals surface area contributed by atoms with E-state index in [9.17, 15) is 14.4 Å². The highest BCUT2D eigenvalue weighted by Gasteiger charge is 2.19. The summed E-state index contributed by atoms with van der Waals surface area (Å²) in [5, 5.41) is 0. The predicted octanol–water partition coefficient (Wildman–Crippen LogP) is 21.8. The Morgan fingerprint density at radius 2 is 0.506 bits per heavy atom. The molecule has 0 heterocycles. The molecule has 0 bridgehead atoms. The van der Waals surface area contributed by atoms with Gasteiger partial charge in [0, 0.05) is 19.3 Å². The van der Waals surface area contributed by atoms with Gasteiger partial charge >= 0.3 is 17.9 Å². The van der Waals surface area contributed by atoms with Crippen molar-refractivity contribution in [2.24, 2.45) is 0 Å². The number of unbranched alkanes of at least 4 members (excludes halogenated alkanes) is 23. The fraction of sp³-hybridized carbons (Fsp3) is 0.648. The first-order valence-electron chi connectivity index (χ1n) is 31.7. The zero-order valence-electron chi connectivity index (χ0n) is 49.9. The Hall–Kier alpha value is -4.45. The van der Waals surface area contributed by atoms with Crippen LogP contribution in [0.4, 0.5) is 0 Å². The number of carbonyl (C=O) groups excluding carboxylic acids is 3. The molecule has 0 saturated carbocycles. The first kappa shape index (κ1) is 72.5. The van der Waals surface area contributed by atoms with Gasteiger partial charge in [0.25, 0.3) is 0 Å². The van der Waals surface area contributed by atoms with Gasteiger partial charge in [0.2, 0.25) is 0 Å². The number of carbonyl (C=O) groups is 3. The van der Waals surface area contributed by atoms with Crippen LogP contribution in [0.1, 0.15) is 278 Å². The molecule has 0 rings (SSSR count). The Balaban J connectivity index is 4.50. The summed E-state index contributed by atoms with van der Waals surface area (Å²) in [5.41, 5.74) is 0. The molecule has 0 spiro atoms. The molecule has 6 nitrogen and oxygen atoms in total. The second-order valence-electron chi connectivity index (χ2n) is 20.5. The molecule has 0 aliphatic heterocycles. The Morgan fingerprint density at radius 3 is 0.831 bits per heavy atom. The van der Waals surface area contributed by atoms with E-state index in [-0.39, 0.29) is 31.1 Å². The van der Waals surface area contributed by atoms with Crippen molar-refractivity contribution >= 4 is 17.9 Å². The van der Waals surface area contributed by atoms with Gasteiger partial charge in [-0.05, 0) is 135 Å². The van der Waals surface area contributed by atoms with Crippen LogP contribution in [-0.4, -0.2) is 37.2 Å². The normalized spacial score (nSPS) is 13.0. The number of hydrogen-bond acceptors (Lipinski definition) is 6. The maximum absolute atomic E-state index is 12.9. The summed E-state index contributed by atoms with van der Waals surface area (Å²) in [5.74, 6) is -0.956. The van der Waals surface area contributed by atoms with Crippen LogP contribution in [0.25, 0.3) is 0 Å². The van der Waals surface area contributed by atoms with Crippen molar-refractivity contribution in [3.63, 3.8) is 0 Å². The quantitative estimate of drug-likeness (QED) is 0.0261. The van der Waals surface area contributed by atoms with Gasteiger partial charge in [0.15, 0.2) is 6.10 Å². The number of allylic oxidation sites excluding steroid dienone is 22. The molecule has 0 aromatic heterocycles. The fourth-order valence-corrected chi connectivity index (χ4v) is 8.43. The average molecular weight is 1070 g/mol. The van der Waals surface area contributed by atoms with Gasteiger partial charge in [-0.25, -0.2) is 0 Å². The first-order valence-corrected chi connectivity index (χ1v) is 31.7. The third-order valence-electron chi connectivity index (χ3n) is 13.1. The van der Waals surface area contributed by atoms with E-state index >= 15 is 0 Å². The van der Waals surface area contributed by atoms with Gasteiger partial charge in [0.1, 0.15) is 13.2 Å². The molecule has 0 aromatic carbocycles. The molecule has 0 aliphatic carbocycles. The summed E-state index contributed by atoms with van der Waals surface area (Å²) in [7, 11) is 0. The third-order valence-corrected chi connectivity index (χ3v) is 13.1. The Morgan fingerprint density at radius 1 is 0.273 bits per heavy atom. The molecular weight excluding hydrogens is 949 g/mol. The Bertz CT molecular complexity index is 1650. The Labute approximate surface area is 475 Å². The van der Waals surface area contributed by atoms with E-state index in [4.69, 9.17) is 14.2 Å². The standard InChI is InChI=1S/C71H116O6/c1-4-7-10-13-16-19-22-25-28-31-33-35-37-40-43-46-49-52-55-58-61-64-70(73)76-67-68(66-75-69(72)63-60-57-54-51-48-45-42-39-30-27-24-21-18-15-12-9-6-3)77-71(74)65-62-59-56-53-50-47-44-41-38-36-34-32-29-26-23-20-17-14-11-8-5-2/h7-8,10-11,16-17,19-20,25-30,33-36,40,43,49,52,68H,4-6,9,12-15,18,21-24,31-32,37-39,41-42,44-48,50-51,53-67H2,1-3H3/b10-7-,11-8-,19-16-,20-17-,28-25-,29-26-,30-27-,35-33-,36-34-,43-40-,52-49-. The lowest BCUT2D eigenvalue weighted by atomic mass is 10.1. The minimum atomic E-state index is -0.809. The van der Waals surface area contributed by atoms with Crippen LogP contribution in [0.15, 0.2) is 134 Å². The molecule has 0 fully saturated rings. The van der Waals surface area contributed by atoms with Crippen molar-refractivity contribution in [1.29, 1.82) is 0 Å². The highest BCUT2D eigenvalue weighted by atomic mass is 16.6. The monoisotopic (exact) mass is 1060 g/mol. The lowest BCUT2D eigenvalue weighted by Crippen LogP contribution is -2.30. The van der Waals surface area contributed by atoms with Gasteiger partial charge in [-0.3, -0.25) is 14.4 Å². The van der Waals surface area contributed by atoms with Crippen molar-refractivity contribution in [3.8, 4) is 0 Å². The zero-order chi connectivity index (χ0) is 55.7. The molecule has 1 atom stereocenters. The van der Waals surface area contributed by atoms with Crippen molar-refractivity contribution in [2.45, 2.75) is 284 Å². The highest BCUT2D eigenvalue weighted by Crippen LogP contribution is 2.15. The van der Waals surface area contributed by atoms with E-state index in [1.54, 1.807) is 0 Å². The molecular formula is C71H116O6. The maximum atomic E-state index is 12.9. The van der Waals surface area contributed by atoms with E-state index in [0.29, 0.717) is 25.7 Å². The smallest absolute Gasteiger partial charge is 0.306 e. The molecule has 0 N–H and O–H groups in total. The van der Waals surface area contributed by atoms with Crippen molar-refractivity contribution in [3.05, 3.63) is 134 Å². The number of esters is 3. The minimum Gasteiger partial charge on any atom is -0.462 e. The molecule has 1 unspecified atom stereocenters. The molecule has 436 valence electrons. The molecule has 0 aliphatic rings. The summed E-state index contributed by atoms with van der Waals surface area (Å²) >= 11 is 0. The van der Waals surface area contributed by atoms with E-state index in [1.165, 1.54) is 109 Å². The van der Waals surface area contributed by atoms with Crippen molar-refractivity contribution < 1.29 is 28.6 Å². The lowest BCUT2D eigenvalue weighted by molar-refractivity contribution is -0.167. The SMILES string of the molecule is CC/C=C\C/C=C\C/C=C\C/C=C\C/C=C\C/C=C\CCCCC(=O)OCC(COC(=O)CCCCCCCCC/C=C\CCCCCCCC)OC(=O)CCCCCCCCCC/C=C\C/C=C\C/C=C\C/C=C\CC. The topological polar surface area (TPSA) is 78.9 Å². The van der Waals surface area contributed by atoms with Gasteiger partial charge < -0.3 is 14.2 Å². The van der Waals surface area contributed by atoms with E-state index in [2.05, 4.69) is 154 Å². The zero-order valence-corrected chi connectivity index (χ0v) is 49.9. The van der Waals surface area contributed by atoms with Crippen LogP contribution in [0.3, 0.4) is 0 Å². The van der Waals surface area contributed by atoms with Crippen LogP contribution in [0, 0.1) is 0 Å². The van der Waals surface area contributed by atoms with Crippen molar-refractivity contribution in [2.75, 3.05) is 13.2 Å². The van der Waals surface area contributed by atoms with Crippen LogP contribution in [0.2, 0.25) is 0 Å². The molecule has 77 heavy (non-hydrogen) atoms. The second-order valence-corrected chi connectivity index (χ2v) is 20.5. The lowest BCUT2D eigenvalue weighted by Gasteiger charge is -2.18. The number of hydrogen-bond donors (Lipinski definition) is 0. The molecule has 0 amide bonds. The van der Waals surface area contributed by atoms with E-state index in [0.717, 1.165) is 122 Å². The van der Waals surface area contributed by atoms with Gasteiger partial charge in [-0.15, -0.1) is 0 Å². The summed E-state index contributed by atoms with van der Waals surface area (Å²) in [4.78, 5) is 38.3. The molecule has 6 heteroatoms. The Kier molecular flexibility index (Phi) is 60.4. The fourth-order valence-electron chi connectivity index (χ4n) is 8.43. The van der Waals surface area contributed by atoms with E-state index in [1.807, 2.05) is 0 Å². The van der Waals surface area contributed by atoms with E-state index < -0.39 is 6.10 Å². The van der Waals surface area contributed by atoms with Crippen LogP contribution >= 0.6 is 0 Å². The molecule has 0 aromatic rings. The van der Waals surface area contributed by atoms with Gasteiger partial charge in [-0.2, -0.15) is 0 Å². The third kappa shape index (κ3) is 62.3. The summed E-state index contributed by atoms with van der Waals surface area (Å²) in [6, 6.07) is 0. The van der Waals surface area contributed by atoms with Gasteiger partial charge in [0.05, 0.1) is 0 Å². The highest BCUT2D eigenvalue weighted by molar-refractivity contribution is 5.71. The predicted molar refractivity (Wildman–Crippen MR) is 334 cm³/mol. The summed E-state index contributed by atoms with van der Waals surface area (Å²) in [6.07, 6.45) is 90.2. The van der Waals surface area contributed by atoms with Crippen molar-refractivity contribution in [1.82, 2.24) is 0 Å². The van der Waals surface area contributed by atoms with Crippen LogP contribution in [0.5, 0.6) is 0 Å². The number of ether oxygens (including phenoxy) is 3. The molecule has 0 saturated heterocycles. The largest absolute Gasteiger partial charge is 0.462 e. The molecule has 0 radical (unpaired) electrons. The second kappa shape index (κ2) is 64.1. The van der Waals surface area contributed by atoms with Crippen LogP contribution < -0.4 is 0 Å².